The second kappa shape index (κ2) is 5.01. The maximum absolute atomic E-state index is 12.9. The Bertz CT molecular complexity index is 645. The van der Waals surface area contributed by atoms with E-state index in [9.17, 15) is 13.2 Å². The van der Waals surface area contributed by atoms with Gasteiger partial charge in [0.25, 0.3) is 0 Å². The topological polar surface area (TPSA) is 55.6 Å². The van der Waals surface area contributed by atoms with Gasteiger partial charge in [0.1, 0.15) is 5.82 Å². The van der Waals surface area contributed by atoms with E-state index in [4.69, 9.17) is 0 Å². The van der Waals surface area contributed by atoms with Gasteiger partial charge in [-0.2, -0.15) is 18.3 Å². The number of halogens is 3. The van der Waals surface area contributed by atoms with E-state index in [1.807, 2.05) is 6.07 Å². The second-order valence-corrected chi connectivity index (χ2v) is 4.92. The van der Waals surface area contributed by atoms with Crippen LogP contribution in [0.3, 0.4) is 0 Å². The maximum Gasteiger partial charge on any atom is 0.451 e. The Balaban J connectivity index is 2.00. The van der Waals surface area contributed by atoms with Gasteiger partial charge < -0.3 is 5.32 Å². The van der Waals surface area contributed by atoms with Crippen molar-refractivity contribution in [1.29, 1.82) is 0 Å². The van der Waals surface area contributed by atoms with E-state index in [1.165, 1.54) is 10.7 Å². The summed E-state index contributed by atoms with van der Waals surface area (Å²) in [5.41, 5.74) is 0.896. The lowest BCUT2D eigenvalue weighted by molar-refractivity contribution is -0.144. The van der Waals surface area contributed by atoms with Crippen LogP contribution in [0.25, 0.3) is 5.82 Å². The fraction of sp³-hybridized carbons (Fsp3) is 0.462. The summed E-state index contributed by atoms with van der Waals surface area (Å²) < 4.78 is 40.0. The summed E-state index contributed by atoms with van der Waals surface area (Å²) in [6, 6.07) is 3.28. The summed E-state index contributed by atoms with van der Waals surface area (Å²) in [7, 11) is 0. The van der Waals surface area contributed by atoms with Crippen molar-refractivity contribution in [3.05, 3.63) is 29.8 Å². The fourth-order valence-electron chi connectivity index (χ4n) is 2.01. The van der Waals surface area contributed by atoms with E-state index in [1.54, 1.807) is 13.1 Å². The molecule has 0 unspecified atom stereocenters. The van der Waals surface area contributed by atoms with E-state index in [2.05, 4.69) is 20.4 Å². The van der Waals surface area contributed by atoms with E-state index in [0.717, 1.165) is 18.5 Å². The first-order valence-electron chi connectivity index (χ1n) is 6.73. The average molecular weight is 297 g/mol. The number of aromatic nitrogens is 4. The molecule has 0 saturated heterocycles. The zero-order valence-electron chi connectivity index (χ0n) is 11.4. The van der Waals surface area contributed by atoms with Crippen LogP contribution in [-0.2, 0) is 6.18 Å². The predicted molar refractivity (Wildman–Crippen MR) is 70.3 cm³/mol. The van der Waals surface area contributed by atoms with Gasteiger partial charge in [-0.05, 0) is 25.8 Å². The molecule has 2 aromatic heterocycles. The Morgan fingerprint density at radius 3 is 2.71 bits per heavy atom. The molecule has 2 aromatic rings. The minimum absolute atomic E-state index is 0.111. The molecule has 5 nitrogen and oxygen atoms in total. The van der Waals surface area contributed by atoms with Crippen LogP contribution >= 0.6 is 0 Å². The highest BCUT2D eigenvalue weighted by molar-refractivity contribution is 5.42. The van der Waals surface area contributed by atoms with Crippen molar-refractivity contribution in [1.82, 2.24) is 19.7 Å². The van der Waals surface area contributed by atoms with Gasteiger partial charge in [0.2, 0.25) is 5.82 Å². The summed E-state index contributed by atoms with van der Waals surface area (Å²) >= 11 is 0. The molecule has 1 aliphatic rings. The molecule has 8 heteroatoms. The van der Waals surface area contributed by atoms with Crippen LogP contribution < -0.4 is 5.32 Å². The molecule has 0 atom stereocenters. The average Bonchev–Trinajstić information content (AvgIpc) is 3.15. The van der Waals surface area contributed by atoms with Crippen molar-refractivity contribution in [2.24, 2.45) is 0 Å². The van der Waals surface area contributed by atoms with Crippen LogP contribution in [0, 0.1) is 0 Å². The molecule has 0 spiro atoms. The highest BCUT2D eigenvalue weighted by Crippen LogP contribution is 2.39. The van der Waals surface area contributed by atoms with Gasteiger partial charge in [-0.15, -0.1) is 0 Å². The van der Waals surface area contributed by atoms with Gasteiger partial charge in [-0.1, -0.05) is 0 Å². The minimum atomic E-state index is -4.59. The van der Waals surface area contributed by atoms with Crippen molar-refractivity contribution in [2.45, 2.75) is 31.9 Å². The molecule has 0 bridgehead atoms. The van der Waals surface area contributed by atoms with Crippen LogP contribution in [0.1, 0.15) is 37.2 Å². The second-order valence-electron chi connectivity index (χ2n) is 4.92. The van der Waals surface area contributed by atoms with E-state index in [0.29, 0.717) is 12.5 Å². The summed E-state index contributed by atoms with van der Waals surface area (Å²) in [5, 5.41) is 7.08. The summed E-state index contributed by atoms with van der Waals surface area (Å²) in [5.74, 6) is -0.485. The molecular formula is C13H14F3N5. The Morgan fingerprint density at radius 2 is 2.10 bits per heavy atom. The Labute approximate surface area is 119 Å². The smallest absolute Gasteiger partial charge is 0.370 e. The number of rotatable bonds is 4. The lowest BCUT2D eigenvalue weighted by atomic mass is 10.3. The van der Waals surface area contributed by atoms with Gasteiger partial charge in [0.15, 0.2) is 5.82 Å². The van der Waals surface area contributed by atoms with Crippen molar-refractivity contribution < 1.29 is 13.2 Å². The Hall–Kier alpha value is -2.12. The molecule has 0 radical (unpaired) electrons. The molecule has 1 aliphatic carbocycles. The van der Waals surface area contributed by atoms with E-state index in [-0.39, 0.29) is 11.6 Å². The largest absolute Gasteiger partial charge is 0.451 e. The van der Waals surface area contributed by atoms with Gasteiger partial charge >= 0.3 is 6.18 Å². The van der Waals surface area contributed by atoms with Crippen molar-refractivity contribution in [3.8, 4) is 5.82 Å². The molecule has 1 saturated carbocycles. The maximum atomic E-state index is 12.9. The third-order valence-corrected chi connectivity index (χ3v) is 3.16. The third kappa shape index (κ3) is 2.98. The minimum Gasteiger partial charge on any atom is -0.370 e. The van der Waals surface area contributed by atoms with Crippen LogP contribution in [0.4, 0.5) is 19.0 Å². The lowest BCUT2D eigenvalue weighted by Crippen LogP contribution is -2.15. The van der Waals surface area contributed by atoms with Crippen molar-refractivity contribution >= 4 is 5.82 Å². The molecule has 2 heterocycles. The number of alkyl halides is 3. The Kier molecular flexibility index (Phi) is 3.30. The summed E-state index contributed by atoms with van der Waals surface area (Å²) in [6.45, 7) is 2.26. The quantitative estimate of drug-likeness (QED) is 0.942. The molecule has 1 fully saturated rings. The molecule has 0 aliphatic heterocycles. The number of anilines is 1. The van der Waals surface area contributed by atoms with Gasteiger partial charge in [-0.3, -0.25) is 0 Å². The van der Waals surface area contributed by atoms with Crippen LogP contribution in [-0.4, -0.2) is 26.3 Å². The van der Waals surface area contributed by atoms with Crippen molar-refractivity contribution in [3.63, 3.8) is 0 Å². The number of nitrogens with one attached hydrogen (secondary N) is 1. The number of nitrogens with zero attached hydrogens (tertiary/aromatic N) is 4. The van der Waals surface area contributed by atoms with Crippen LogP contribution in [0.2, 0.25) is 0 Å². The highest BCUT2D eigenvalue weighted by Gasteiger charge is 2.35. The fourth-order valence-corrected chi connectivity index (χ4v) is 2.01. The van der Waals surface area contributed by atoms with Gasteiger partial charge in [0.05, 0.1) is 5.69 Å². The SMILES string of the molecule is CCNc1cc(-n2ccc(C3CC3)n2)nc(C(F)(F)F)n1. The normalized spacial score (nSPS) is 15.2. The zero-order chi connectivity index (χ0) is 15.0. The van der Waals surface area contributed by atoms with Crippen LogP contribution in [0.15, 0.2) is 18.3 Å². The number of hydrogen-bond donors (Lipinski definition) is 1. The third-order valence-electron chi connectivity index (χ3n) is 3.16. The lowest BCUT2D eigenvalue weighted by Gasteiger charge is -2.10. The summed E-state index contributed by atoms with van der Waals surface area (Å²) in [6.07, 6.45) is -0.799. The van der Waals surface area contributed by atoms with Gasteiger partial charge in [0, 0.05) is 24.7 Å². The number of hydrogen-bond acceptors (Lipinski definition) is 4. The van der Waals surface area contributed by atoms with Crippen LogP contribution in [0.5, 0.6) is 0 Å². The molecule has 0 amide bonds. The zero-order valence-corrected chi connectivity index (χ0v) is 11.4. The first kappa shape index (κ1) is 13.8. The first-order chi connectivity index (χ1) is 9.97. The monoisotopic (exact) mass is 297 g/mol. The van der Waals surface area contributed by atoms with Gasteiger partial charge in [-0.25, -0.2) is 14.6 Å². The standard InChI is InChI=1S/C13H14F3N5/c1-2-17-10-7-11(19-12(18-10)13(14,15)16)21-6-5-9(20-21)8-3-4-8/h5-8H,2-4H2,1H3,(H,17,18,19). The van der Waals surface area contributed by atoms with E-state index < -0.39 is 12.0 Å². The molecule has 21 heavy (non-hydrogen) atoms. The summed E-state index contributed by atoms with van der Waals surface area (Å²) in [4.78, 5) is 7.06. The molecule has 0 aromatic carbocycles. The molecule has 1 N–H and O–H groups in total. The van der Waals surface area contributed by atoms with Crippen molar-refractivity contribution in [2.75, 3.05) is 11.9 Å². The molecular weight excluding hydrogens is 283 g/mol. The predicted octanol–water partition coefficient (Wildman–Crippen LogP) is 2.99. The Morgan fingerprint density at radius 1 is 1.33 bits per heavy atom. The highest BCUT2D eigenvalue weighted by atomic mass is 19.4. The van der Waals surface area contributed by atoms with E-state index >= 15 is 0 Å². The molecule has 112 valence electrons. The first-order valence-corrected chi connectivity index (χ1v) is 6.73. The molecule has 3 rings (SSSR count).